The molecule has 2 fully saturated rings. The normalized spacial score (nSPS) is 19.6. The van der Waals surface area contributed by atoms with E-state index in [2.05, 4.69) is 15.3 Å². The number of nitrogens with zero attached hydrogens (tertiary/aromatic N) is 3. The van der Waals surface area contributed by atoms with E-state index in [0.29, 0.717) is 42.1 Å². The van der Waals surface area contributed by atoms with E-state index < -0.39 is 21.0 Å². The molecule has 3 aromatic heterocycles. The van der Waals surface area contributed by atoms with Gasteiger partial charge in [-0.05, 0) is 51.2 Å². The molecule has 9 nitrogen and oxygen atoms in total. The number of halogens is 2. The molecule has 3 aromatic rings. The molecule has 0 aromatic carbocycles. The molecule has 192 valence electrons. The van der Waals surface area contributed by atoms with Gasteiger partial charge in [0.25, 0.3) is 11.8 Å². The average Bonchev–Trinajstić information content (AvgIpc) is 3.41. The van der Waals surface area contributed by atoms with Gasteiger partial charge >= 0.3 is 0 Å². The Kier molecular flexibility index (Phi) is 6.11. The van der Waals surface area contributed by atoms with Gasteiger partial charge in [-0.3, -0.25) is 4.79 Å². The Morgan fingerprint density at radius 2 is 1.92 bits per heavy atom. The first-order chi connectivity index (χ1) is 16.9. The van der Waals surface area contributed by atoms with Crippen molar-refractivity contribution in [2.75, 3.05) is 18.1 Å². The van der Waals surface area contributed by atoms with Crippen molar-refractivity contribution in [3.63, 3.8) is 0 Å². The standard InChI is InChI=1S/C24H26ClFN4O5S/c1-15-9-20-28-17(21(31)29-23(2)5-7-36(32,33)8-6-23)12-30(20)13-19(15)35-22-18(10-16(25)11-27-22)34-14-24(26)3-4-24/h9-13H,3-8,14H2,1-2H3,(H,29,31). The lowest BCUT2D eigenvalue weighted by molar-refractivity contribution is 0.0895. The average molecular weight is 537 g/mol. The van der Waals surface area contributed by atoms with Crippen LogP contribution in [0.1, 0.15) is 48.7 Å². The third-order valence-corrected chi connectivity index (χ3v) is 8.46. The number of aromatic nitrogens is 3. The van der Waals surface area contributed by atoms with Crippen LogP contribution in [0.3, 0.4) is 0 Å². The van der Waals surface area contributed by atoms with Gasteiger partial charge in [-0.25, -0.2) is 22.8 Å². The Morgan fingerprint density at radius 3 is 2.61 bits per heavy atom. The molecule has 1 saturated heterocycles. The van der Waals surface area contributed by atoms with Crippen LogP contribution in [0.15, 0.2) is 30.7 Å². The van der Waals surface area contributed by atoms with E-state index >= 15 is 0 Å². The van der Waals surface area contributed by atoms with E-state index in [9.17, 15) is 17.6 Å². The summed E-state index contributed by atoms with van der Waals surface area (Å²) in [5.74, 6) is 0.536. The van der Waals surface area contributed by atoms with Crippen molar-refractivity contribution in [3.8, 4) is 17.4 Å². The number of sulfone groups is 1. The van der Waals surface area contributed by atoms with Gasteiger partial charge in [0.05, 0.1) is 22.7 Å². The molecule has 1 aliphatic heterocycles. The maximum Gasteiger partial charge on any atom is 0.271 e. The molecule has 2 aliphatic rings. The van der Waals surface area contributed by atoms with Crippen molar-refractivity contribution in [1.29, 1.82) is 0 Å². The second-order valence-corrected chi connectivity index (χ2v) is 12.6. The Morgan fingerprint density at radius 1 is 1.19 bits per heavy atom. The van der Waals surface area contributed by atoms with Crippen molar-refractivity contribution in [1.82, 2.24) is 19.7 Å². The van der Waals surface area contributed by atoms with E-state index in [1.54, 1.807) is 22.9 Å². The zero-order valence-electron chi connectivity index (χ0n) is 19.9. The van der Waals surface area contributed by atoms with Crippen LogP contribution >= 0.6 is 11.6 Å². The number of ether oxygens (including phenoxy) is 2. The topological polar surface area (TPSA) is 112 Å². The second-order valence-electron chi connectivity index (χ2n) is 9.88. The number of fused-ring (bicyclic) bond motifs is 1. The van der Waals surface area contributed by atoms with Crippen molar-refractivity contribution < 1.29 is 27.1 Å². The van der Waals surface area contributed by atoms with Crippen molar-refractivity contribution in [3.05, 3.63) is 47.0 Å². The van der Waals surface area contributed by atoms with Gasteiger partial charge in [-0.15, -0.1) is 0 Å². The fraction of sp³-hybridized carbons (Fsp3) is 0.458. The zero-order chi connectivity index (χ0) is 25.7. The number of alkyl halides is 1. The number of carbonyl (C=O) groups excluding carboxylic acids is 1. The summed E-state index contributed by atoms with van der Waals surface area (Å²) in [6.45, 7) is 3.57. The van der Waals surface area contributed by atoms with Crippen molar-refractivity contribution >= 4 is 33.0 Å². The monoisotopic (exact) mass is 536 g/mol. The van der Waals surface area contributed by atoms with E-state index in [-0.39, 0.29) is 41.3 Å². The SMILES string of the molecule is Cc1cc2nc(C(=O)NC3(C)CCS(=O)(=O)CC3)cn2cc1Oc1ncc(Cl)cc1OCC1(F)CC1. The number of hydrogen-bond acceptors (Lipinski definition) is 7. The fourth-order valence-corrected chi connectivity index (χ4v) is 5.83. The first kappa shape index (κ1) is 24.8. The summed E-state index contributed by atoms with van der Waals surface area (Å²) in [6.07, 6.45) is 6.29. The number of imidazole rings is 1. The van der Waals surface area contributed by atoms with Crippen LogP contribution in [0, 0.1) is 6.92 Å². The summed E-state index contributed by atoms with van der Waals surface area (Å²) in [6, 6.07) is 3.29. The number of pyridine rings is 2. The summed E-state index contributed by atoms with van der Waals surface area (Å²) < 4.78 is 50.8. The maximum atomic E-state index is 14.1. The number of hydrogen-bond donors (Lipinski definition) is 1. The van der Waals surface area contributed by atoms with Crippen LogP contribution in [0.5, 0.6) is 17.4 Å². The molecule has 0 radical (unpaired) electrons. The van der Waals surface area contributed by atoms with Gasteiger partial charge in [-0.2, -0.15) is 0 Å². The molecule has 0 bridgehead atoms. The van der Waals surface area contributed by atoms with E-state index in [1.165, 1.54) is 12.3 Å². The molecule has 5 rings (SSSR count). The lowest BCUT2D eigenvalue weighted by atomic mass is 9.95. The zero-order valence-corrected chi connectivity index (χ0v) is 21.5. The lowest BCUT2D eigenvalue weighted by Crippen LogP contribution is -2.51. The van der Waals surface area contributed by atoms with Gasteiger partial charge in [0.1, 0.15) is 39.2 Å². The van der Waals surface area contributed by atoms with Crippen LogP contribution in [-0.4, -0.2) is 58.0 Å². The third kappa shape index (κ3) is 5.41. The first-order valence-corrected chi connectivity index (χ1v) is 13.8. The Bertz CT molecular complexity index is 1440. The summed E-state index contributed by atoms with van der Waals surface area (Å²) in [7, 11) is -3.05. The van der Waals surface area contributed by atoms with Gasteiger partial charge in [0.15, 0.2) is 5.75 Å². The molecule has 4 heterocycles. The molecule has 0 unspecified atom stereocenters. The number of aryl methyl sites for hydroxylation is 1. The summed E-state index contributed by atoms with van der Waals surface area (Å²) in [4.78, 5) is 21.5. The molecule has 1 saturated carbocycles. The fourth-order valence-electron chi connectivity index (χ4n) is 3.96. The van der Waals surface area contributed by atoms with Crippen molar-refractivity contribution in [2.45, 2.75) is 50.7 Å². The summed E-state index contributed by atoms with van der Waals surface area (Å²) in [5.41, 5.74) is -0.457. The van der Waals surface area contributed by atoms with E-state index in [0.717, 1.165) is 5.56 Å². The largest absolute Gasteiger partial charge is 0.485 e. The van der Waals surface area contributed by atoms with Crippen LogP contribution in [0.25, 0.3) is 5.65 Å². The van der Waals surface area contributed by atoms with Crippen LogP contribution < -0.4 is 14.8 Å². The molecule has 1 amide bonds. The molecule has 0 spiro atoms. The Hall–Kier alpha value is -2.92. The second kappa shape index (κ2) is 8.88. The molecule has 12 heteroatoms. The molecular weight excluding hydrogens is 511 g/mol. The predicted molar refractivity (Wildman–Crippen MR) is 132 cm³/mol. The number of rotatable bonds is 7. The number of amides is 1. The highest BCUT2D eigenvalue weighted by Gasteiger charge is 2.44. The molecule has 0 atom stereocenters. The molecule has 1 aliphatic carbocycles. The van der Waals surface area contributed by atoms with Gasteiger partial charge in [0.2, 0.25) is 0 Å². The maximum absolute atomic E-state index is 14.1. The van der Waals surface area contributed by atoms with Crippen LogP contribution in [0.4, 0.5) is 4.39 Å². The molecule has 36 heavy (non-hydrogen) atoms. The molecule has 1 N–H and O–H groups in total. The van der Waals surface area contributed by atoms with E-state index in [4.69, 9.17) is 21.1 Å². The minimum absolute atomic E-state index is 0.0472. The Balaban J connectivity index is 1.35. The smallest absolute Gasteiger partial charge is 0.271 e. The first-order valence-electron chi connectivity index (χ1n) is 11.6. The highest BCUT2D eigenvalue weighted by Crippen LogP contribution is 2.41. The van der Waals surface area contributed by atoms with Gasteiger partial charge in [0, 0.05) is 24.0 Å². The minimum Gasteiger partial charge on any atom is -0.485 e. The van der Waals surface area contributed by atoms with Crippen LogP contribution in [0.2, 0.25) is 5.02 Å². The summed E-state index contributed by atoms with van der Waals surface area (Å²) >= 11 is 6.05. The number of nitrogens with one attached hydrogen (secondary N) is 1. The van der Waals surface area contributed by atoms with E-state index in [1.807, 2.05) is 13.8 Å². The Labute approximate surface area is 212 Å². The van der Waals surface area contributed by atoms with Gasteiger partial charge in [-0.1, -0.05) is 11.6 Å². The highest BCUT2D eigenvalue weighted by atomic mass is 35.5. The van der Waals surface area contributed by atoms with Crippen LogP contribution in [-0.2, 0) is 9.84 Å². The lowest BCUT2D eigenvalue weighted by Gasteiger charge is -2.34. The predicted octanol–water partition coefficient (Wildman–Crippen LogP) is 4.06. The molecular formula is C24H26ClFN4O5S. The number of carbonyl (C=O) groups is 1. The quantitative estimate of drug-likeness (QED) is 0.484. The van der Waals surface area contributed by atoms with Gasteiger partial charge < -0.3 is 19.2 Å². The highest BCUT2D eigenvalue weighted by molar-refractivity contribution is 7.91. The summed E-state index contributed by atoms with van der Waals surface area (Å²) in [5, 5.41) is 3.28. The minimum atomic E-state index is -3.05. The third-order valence-electron chi connectivity index (χ3n) is 6.60. The van der Waals surface area contributed by atoms with Crippen molar-refractivity contribution in [2.24, 2.45) is 0 Å².